The van der Waals surface area contributed by atoms with Crippen LogP contribution in [0, 0.1) is 6.92 Å². The molecule has 0 bridgehead atoms. The van der Waals surface area contributed by atoms with Crippen molar-refractivity contribution in [2.45, 2.75) is 18.0 Å². The summed E-state index contributed by atoms with van der Waals surface area (Å²) in [7, 11) is -2.19. The van der Waals surface area contributed by atoms with Crippen molar-refractivity contribution < 1.29 is 26.4 Å². The number of nitrogens with zero attached hydrogens (tertiary/aromatic N) is 7. The third kappa shape index (κ3) is 3.82. The van der Waals surface area contributed by atoms with Gasteiger partial charge in [-0.3, -0.25) is 9.48 Å². The molecule has 0 unspecified atom stereocenters. The highest BCUT2D eigenvalue weighted by molar-refractivity contribution is 7.89. The number of carbonyl (C=O) groups excluding carboxylic acids is 1. The van der Waals surface area contributed by atoms with Crippen LogP contribution in [0.5, 0.6) is 0 Å². The first-order valence-electron chi connectivity index (χ1n) is 9.30. The smallest absolute Gasteiger partial charge is 0.335 e. The fraction of sp³-hybridized carbons (Fsp3) is 0.412. The summed E-state index contributed by atoms with van der Waals surface area (Å²) in [5.74, 6) is -0.704. The van der Waals surface area contributed by atoms with Crippen molar-refractivity contribution in [3.8, 4) is 0 Å². The van der Waals surface area contributed by atoms with Gasteiger partial charge in [0.2, 0.25) is 10.0 Å². The van der Waals surface area contributed by atoms with Crippen molar-refractivity contribution in [2.75, 3.05) is 26.2 Å². The molecule has 10 nitrogen and oxygen atoms in total. The van der Waals surface area contributed by atoms with Crippen LogP contribution in [0.2, 0.25) is 5.02 Å². The molecule has 0 aromatic carbocycles. The molecule has 0 spiro atoms. The molecule has 3 aromatic heterocycles. The molecule has 172 valence electrons. The maximum Gasteiger partial charge on any atom is 0.433 e. The van der Waals surface area contributed by atoms with E-state index in [1.165, 1.54) is 33.2 Å². The molecule has 4 heterocycles. The Morgan fingerprint density at radius 1 is 1.19 bits per heavy atom. The van der Waals surface area contributed by atoms with E-state index in [9.17, 15) is 26.4 Å². The molecule has 15 heteroatoms. The molecule has 0 atom stereocenters. The molecule has 3 aromatic rings. The Bertz CT molecular complexity index is 1310. The van der Waals surface area contributed by atoms with E-state index in [4.69, 9.17) is 11.6 Å². The summed E-state index contributed by atoms with van der Waals surface area (Å²) in [5, 5.41) is 7.34. The quantitative estimate of drug-likeness (QED) is 0.551. The SMILES string of the molecule is Cc1cc(C(F)(F)F)n2nc(C(=O)N3CCN(S(=O)(=O)c4cnn(C)c4)CC3)c(Cl)c2n1. The lowest BCUT2D eigenvalue weighted by Crippen LogP contribution is -2.50. The van der Waals surface area contributed by atoms with E-state index in [1.807, 2.05) is 0 Å². The topological polar surface area (TPSA) is 106 Å². The Kier molecular flexibility index (Phi) is 5.41. The van der Waals surface area contributed by atoms with Crippen molar-refractivity contribution in [3.05, 3.63) is 40.6 Å². The van der Waals surface area contributed by atoms with E-state index >= 15 is 0 Å². The predicted octanol–water partition coefficient (Wildman–Crippen LogP) is 1.59. The van der Waals surface area contributed by atoms with Crippen molar-refractivity contribution in [2.24, 2.45) is 7.05 Å². The van der Waals surface area contributed by atoms with Gasteiger partial charge >= 0.3 is 6.18 Å². The monoisotopic (exact) mass is 491 g/mol. The second-order valence-electron chi connectivity index (χ2n) is 7.22. The highest BCUT2D eigenvalue weighted by Crippen LogP contribution is 2.32. The number of hydrogen-bond acceptors (Lipinski definition) is 6. The Balaban J connectivity index is 1.58. The van der Waals surface area contributed by atoms with Gasteiger partial charge in [0.15, 0.2) is 11.3 Å². The summed E-state index contributed by atoms with van der Waals surface area (Å²) in [6.45, 7) is 1.41. The second-order valence-corrected chi connectivity index (χ2v) is 9.54. The van der Waals surface area contributed by atoms with Gasteiger partial charge in [-0.05, 0) is 13.0 Å². The zero-order valence-electron chi connectivity index (χ0n) is 16.8. The molecule has 1 saturated heterocycles. The van der Waals surface area contributed by atoms with Crippen LogP contribution in [0.1, 0.15) is 21.9 Å². The van der Waals surface area contributed by atoms with Crippen LogP contribution in [0.15, 0.2) is 23.4 Å². The summed E-state index contributed by atoms with van der Waals surface area (Å²) < 4.78 is 68.7. The van der Waals surface area contributed by atoms with Crippen molar-refractivity contribution in [1.29, 1.82) is 0 Å². The van der Waals surface area contributed by atoms with Gasteiger partial charge in [0.25, 0.3) is 5.91 Å². The Hall–Kier alpha value is -2.71. The number of aryl methyl sites for hydroxylation is 2. The van der Waals surface area contributed by atoms with E-state index < -0.39 is 27.8 Å². The van der Waals surface area contributed by atoms with E-state index in [1.54, 1.807) is 7.05 Å². The fourth-order valence-corrected chi connectivity index (χ4v) is 5.06. The molecule has 1 amide bonds. The number of piperazine rings is 1. The first kappa shape index (κ1) is 22.5. The average Bonchev–Trinajstić information content (AvgIpc) is 3.30. The highest BCUT2D eigenvalue weighted by Gasteiger charge is 2.37. The summed E-state index contributed by atoms with van der Waals surface area (Å²) >= 11 is 6.17. The molecule has 0 aliphatic carbocycles. The third-order valence-electron chi connectivity index (χ3n) is 5.00. The largest absolute Gasteiger partial charge is 0.433 e. The fourth-order valence-electron chi connectivity index (χ4n) is 3.41. The number of rotatable bonds is 3. The molecule has 0 radical (unpaired) electrons. The summed E-state index contributed by atoms with van der Waals surface area (Å²) in [4.78, 5) is 18.2. The minimum atomic E-state index is -4.73. The molecule has 0 saturated carbocycles. The lowest BCUT2D eigenvalue weighted by atomic mass is 10.3. The Morgan fingerprint density at radius 3 is 2.41 bits per heavy atom. The van der Waals surface area contributed by atoms with Gasteiger partial charge < -0.3 is 4.90 Å². The van der Waals surface area contributed by atoms with Crippen LogP contribution < -0.4 is 0 Å². The maximum absolute atomic E-state index is 13.4. The van der Waals surface area contributed by atoms with Crippen molar-refractivity contribution in [3.63, 3.8) is 0 Å². The van der Waals surface area contributed by atoms with Crippen LogP contribution in [-0.2, 0) is 23.2 Å². The zero-order chi connectivity index (χ0) is 23.4. The summed E-state index contributed by atoms with van der Waals surface area (Å²) in [6, 6.07) is 0.812. The second kappa shape index (κ2) is 7.71. The molecule has 4 rings (SSSR count). The molecule has 32 heavy (non-hydrogen) atoms. The van der Waals surface area contributed by atoms with Crippen molar-refractivity contribution >= 4 is 33.2 Å². The number of halogens is 4. The molecule has 1 fully saturated rings. The highest BCUT2D eigenvalue weighted by atomic mass is 35.5. The first-order chi connectivity index (χ1) is 14.9. The predicted molar refractivity (Wildman–Crippen MR) is 106 cm³/mol. The molecule has 1 aliphatic rings. The lowest BCUT2D eigenvalue weighted by Gasteiger charge is -2.33. The van der Waals surface area contributed by atoms with Gasteiger partial charge in [-0.2, -0.15) is 27.7 Å². The first-order valence-corrected chi connectivity index (χ1v) is 11.1. The Labute approximate surface area is 185 Å². The third-order valence-corrected chi connectivity index (χ3v) is 7.20. The van der Waals surface area contributed by atoms with Gasteiger partial charge in [-0.1, -0.05) is 11.6 Å². The number of alkyl halides is 3. The average molecular weight is 492 g/mol. The zero-order valence-corrected chi connectivity index (χ0v) is 18.4. The van der Waals surface area contributed by atoms with E-state index in [0.717, 1.165) is 6.07 Å². The van der Waals surface area contributed by atoms with E-state index in [0.29, 0.717) is 4.52 Å². The standard InChI is InChI=1S/C17H17ClF3N7O3S/c1-10-7-12(17(19,20)21)28-15(23-10)13(18)14(24-28)16(29)26-3-5-27(6-4-26)32(30,31)11-8-22-25(2)9-11/h7-9H,3-6H2,1-2H3. The minimum Gasteiger partial charge on any atom is -0.335 e. The van der Waals surface area contributed by atoms with Crippen molar-refractivity contribution in [1.82, 2.24) is 33.6 Å². The minimum absolute atomic E-state index is 0.000876. The lowest BCUT2D eigenvalue weighted by molar-refractivity contribution is -0.142. The van der Waals surface area contributed by atoms with Gasteiger partial charge in [0.1, 0.15) is 15.6 Å². The molecule has 1 aliphatic heterocycles. The van der Waals surface area contributed by atoms with E-state index in [2.05, 4.69) is 15.2 Å². The van der Waals surface area contributed by atoms with E-state index in [-0.39, 0.29) is 53.1 Å². The van der Waals surface area contributed by atoms with Crippen LogP contribution >= 0.6 is 11.6 Å². The number of sulfonamides is 1. The van der Waals surface area contributed by atoms with Crippen LogP contribution in [0.4, 0.5) is 13.2 Å². The van der Waals surface area contributed by atoms with Gasteiger partial charge in [-0.15, -0.1) is 0 Å². The van der Waals surface area contributed by atoms with Crippen LogP contribution in [-0.4, -0.2) is 74.1 Å². The van der Waals surface area contributed by atoms with Gasteiger partial charge in [-0.25, -0.2) is 17.9 Å². The number of fused-ring (bicyclic) bond motifs is 1. The number of carbonyl (C=O) groups is 1. The number of amides is 1. The maximum atomic E-state index is 13.4. The molecular weight excluding hydrogens is 475 g/mol. The molecule has 0 N–H and O–H groups in total. The van der Waals surface area contributed by atoms with Crippen LogP contribution in [0.25, 0.3) is 5.65 Å². The summed E-state index contributed by atoms with van der Waals surface area (Å²) in [6.07, 6.45) is -2.12. The number of hydrogen-bond donors (Lipinski definition) is 0. The van der Waals surface area contributed by atoms with Gasteiger partial charge in [0, 0.05) is 45.1 Å². The Morgan fingerprint density at radius 2 is 1.84 bits per heavy atom. The van der Waals surface area contributed by atoms with Gasteiger partial charge in [0.05, 0.1) is 6.20 Å². The number of aromatic nitrogens is 5. The van der Waals surface area contributed by atoms with Crippen LogP contribution in [0.3, 0.4) is 0 Å². The summed E-state index contributed by atoms with van der Waals surface area (Å²) in [5.41, 5.74) is -1.69. The normalized spacial score (nSPS) is 16.1. The molecular formula is C17H17ClF3N7O3S.